The van der Waals surface area contributed by atoms with Gasteiger partial charge in [-0.3, -0.25) is 14.8 Å². The van der Waals surface area contributed by atoms with Crippen LogP contribution in [0.25, 0.3) is 0 Å². The summed E-state index contributed by atoms with van der Waals surface area (Å²) in [6.45, 7) is 1.08. The number of aliphatic imine (C=N–C) groups is 2. The first-order valence-corrected chi connectivity index (χ1v) is 10.9. The molecule has 0 saturated carbocycles. The second kappa shape index (κ2) is 13.3. The van der Waals surface area contributed by atoms with Gasteiger partial charge in [0.15, 0.2) is 0 Å². The van der Waals surface area contributed by atoms with Crippen molar-refractivity contribution in [1.82, 2.24) is 0 Å². The number of fused-ring (bicyclic) bond motifs is 5. The summed E-state index contributed by atoms with van der Waals surface area (Å²) < 4.78 is 0. The number of hydrogen-bond donors (Lipinski definition) is 3. The molecular weight excluding hydrogens is 471 g/mol. The van der Waals surface area contributed by atoms with Gasteiger partial charge in [-0.1, -0.05) is 42.8 Å². The van der Waals surface area contributed by atoms with Crippen molar-refractivity contribution in [3.8, 4) is 11.5 Å². The molecule has 0 fully saturated rings. The number of rotatable bonds is 0. The number of carboxylic acids is 1. The Morgan fingerprint density at radius 1 is 0.706 bits per heavy atom. The molecule has 1 aliphatic rings. The molecule has 0 aliphatic carbocycles. The van der Waals surface area contributed by atoms with E-state index in [9.17, 15) is 10.2 Å². The topological polar surface area (TPSA) is 102 Å². The summed E-state index contributed by atoms with van der Waals surface area (Å²) >= 11 is 0. The minimum Gasteiger partial charge on any atom is -0.507 e. The summed E-state index contributed by atoms with van der Waals surface area (Å²) in [5.74, 6) is -0.239. The fraction of sp³-hybridized carbons (Fsp3) is 0.222. The van der Waals surface area contributed by atoms with Crippen molar-refractivity contribution in [3.05, 3.63) is 82.9 Å². The average Bonchev–Trinajstić information content (AvgIpc) is 2.79. The van der Waals surface area contributed by atoms with Crippen molar-refractivity contribution in [3.63, 3.8) is 0 Å². The number of phenolic OH excluding ortho intramolecular Hbond substituents is 2. The monoisotopic (exact) mass is 499 g/mol. The van der Waals surface area contributed by atoms with Crippen molar-refractivity contribution in [2.75, 3.05) is 0 Å². The first-order chi connectivity index (χ1) is 16.0. The Morgan fingerprint density at radius 3 is 1.53 bits per heavy atom. The van der Waals surface area contributed by atoms with E-state index in [0.29, 0.717) is 34.0 Å². The van der Waals surface area contributed by atoms with Gasteiger partial charge in [-0.25, -0.2) is 0 Å². The van der Waals surface area contributed by atoms with Crippen molar-refractivity contribution < 1.29 is 37.2 Å². The Balaban J connectivity index is 0.000000758. The number of aryl methyl sites for hydroxylation is 2. The second-order valence-electron chi connectivity index (χ2n) is 7.79. The third-order valence-electron chi connectivity index (χ3n) is 5.26. The van der Waals surface area contributed by atoms with E-state index in [1.54, 1.807) is 12.4 Å². The maximum Gasteiger partial charge on any atom is 2.00 e. The van der Waals surface area contributed by atoms with Crippen molar-refractivity contribution in [2.24, 2.45) is 9.98 Å². The van der Waals surface area contributed by atoms with Crippen LogP contribution in [0.4, 0.5) is 11.4 Å². The van der Waals surface area contributed by atoms with Gasteiger partial charge in [0.1, 0.15) is 11.5 Å². The van der Waals surface area contributed by atoms with Crippen LogP contribution >= 0.6 is 0 Å². The summed E-state index contributed by atoms with van der Waals surface area (Å²) in [6.07, 6.45) is 8.00. The molecule has 0 unspecified atom stereocenters. The van der Waals surface area contributed by atoms with E-state index in [-0.39, 0.29) is 17.1 Å². The summed E-state index contributed by atoms with van der Waals surface area (Å²) in [5.41, 5.74) is 4.69. The molecule has 0 saturated heterocycles. The van der Waals surface area contributed by atoms with Crippen LogP contribution in [0.1, 0.15) is 48.4 Å². The van der Waals surface area contributed by atoms with Crippen molar-refractivity contribution >= 4 is 29.8 Å². The van der Waals surface area contributed by atoms with E-state index >= 15 is 0 Å². The van der Waals surface area contributed by atoms with Gasteiger partial charge in [0.25, 0.3) is 5.97 Å². The molecule has 3 aromatic carbocycles. The first kappa shape index (κ1) is 26.8. The van der Waals surface area contributed by atoms with E-state index in [2.05, 4.69) is 9.98 Å². The van der Waals surface area contributed by atoms with Crippen LogP contribution in [0.2, 0.25) is 0 Å². The molecule has 1 radical (unpaired) electrons. The second-order valence-corrected chi connectivity index (χ2v) is 7.79. The van der Waals surface area contributed by atoms with Crippen LogP contribution in [0, 0.1) is 0 Å². The van der Waals surface area contributed by atoms with Gasteiger partial charge in [0.05, 0.1) is 11.4 Å². The molecule has 175 valence electrons. The van der Waals surface area contributed by atoms with Gasteiger partial charge in [0.2, 0.25) is 0 Å². The molecule has 0 spiro atoms. The van der Waals surface area contributed by atoms with Gasteiger partial charge in [-0.2, -0.15) is 0 Å². The number of hydrogen-bond acceptors (Lipinski definition) is 5. The maximum absolute atomic E-state index is 10.6. The summed E-state index contributed by atoms with van der Waals surface area (Å²) in [5, 5.41) is 28.7. The molecule has 0 atom stereocenters. The average molecular weight is 499 g/mol. The van der Waals surface area contributed by atoms with E-state index in [4.69, 9.17) is 9.90 Å². The third kappa shape index (κ3) is 7.58. The molecule has 3 aromatic rings. The molecule has 0 amide bonds. The number of carbonyl (C=O) groups is 1. The summed E-state index contributed by atoms with van der Waals surface area (Å²) in [4.78, 5) is 18.1. The smallest absolute Gasteiger partial charge is 0.507 e. The minimum absolute atomic E-state index is 0. The molecule has 6 nitrogen and oxygen atoms in total. The zero-order valence-electron chi connectivity index (χ0n) is 19.0. The molecule has 4 bridgehead atoms. The molecule has 0 aromatic heterocycles. The molecule has 4 rings (SSSR count). The largest absolute Gasteiger partial charge is 2.00 e. The van der Waals surface area contributed by atoms with E-state index < -0.39 is 5.97 Å². The molecule has 34 heavy (non-hydrogen) atoms. The number of aliphatic carboxylic acids is 1. The normalized spacial score (nSPS) is 12.9. The Morgan fingerprint density at radius 2 is 1.12 bits per heavy atom. The Hall–Kier alpha value is -3.41. The molecule has 3 N–H and O–H groups in total. The summed E-state index contributed by atoms with van der Waals surface area (Å²) in [7, 11) is 0. The fourth-order valence-corrected chi connectivity index (χ4v) is 3.60. The zero-order chi connectivity index (χ0) is 23.6. The van der Waals surface area contributed by atoms with Crippen molar-refractivity contribution in [1.29, 1.82) is 0 Å². The van der Waals surface area contributed by atoms with Gasteiger partial charge < -0.3 is 15.3 Å². The number of phenols is 2. The number of aromatic hydroxyl groups is 2. The van der Waals surface area contributed by atoms with E-state index in [1.165, 1.54) is 0 Å². The van der Waals surface area contributed by atoms with Gasteiger partial charge in [0, 0.05) is 30.5 Å². The number of carboxylic acid groups (broad SMARTS) is 1. The Kier molecular flexibility index (Phi) is 10.5. The predicted molar refractivity (Wildman–Crippen MR) is 132 cm³/mol. The summed E-state index contributed by atoms with van der Waals surface area (Å²) in [6, 6.07) is 19.2. The first-order valence-electron chi connectivity index (χ1n) is 10.9. The minimum atomic E-state index is -0.833. The zero-order valence-corrected chi connectivity index (χ0v) is 20.2. The molecule has 1 heterocycles. The molecule has 1 aliphatic heterocycles. The standard InChI is InChI=1S/C25H24N2O2.C2H4O2.Mn/c28-24-18-8-2-1-3-9-19-11-7-13-21(25(19)29)17-27-23-15-5-4-14-22(23)26-16-20(24)12-6-10-18;1-2(3)4;/h4-7,10-17,28-29H,1-3,8-9H2;1H3,(H,3,4);/q;;+2. The van der Waals surface area contributed by atoms with E-state index in [1.807, 2.05) is 60.7 Å². The number of nitrogens with zero attached hydrogens (tertiary/aromatic N) is 2. The number of benzene rings is 3. The van der Waals surface area contributed by atoms with Crippen LogP contribution in [-0.2, 0) is 34.7 Å². The van der Waals surface area contributed by atoms with Crippen LogP contribution in [0.3, 0.4) is 0 Å². The molecule has 7 heteroatoms. The third-order valence-corrected chi connectivity index (χ3v) is 5.26. The van der Waals surface area contributed by atoms with Crippen molar-refractivity contribution in [2.45, 2.75) is 39.0 Å². The fourth-order valence-electron chi connectivity index (χ4n) is 3.60. The number of para-hydroxylation sites is 4. The SMILES string of the molecule is CC(=O)O.Oc1c2cccc1CCCCCc1cccc(c1O)C=Nc1ccccc1N=C2.[Mn+2]. The maximum atomic E-state index is 10.6. The van der Waals surface area contributed by atoms with E-state index in [0.717, 1.165) is 50.2 Å². The van der Waals surface area contributed by atoms with Crippen LogP contribution in [0.15, 0.2) is 70.6 Å². The van der Waals surface area contributed by atoms with Gasteiger partial charge in [-0.15, -0.1) is 0 Å². The molecular formula is C27H28MnN2O4+2. The Bertz CT molecular complexity index is 1090. The van der Waals surface area contributed by atoms with Gasteiger partial charge >= 0.3 is 17.1 Å². The van der Waals surface area contributed by atoms with Crippen LogP contribution in [0.5, 0.6) is 11.5 Å². The van der Waals surface area contributed by atoms with Gasteiger partial charge in [-0.05, 0) is 61.1 Å². The van der Waals surface area contributed by atoms with Crippen LogP contribution < -0.4 is 0 Å². The Labute approximate surface area is 210 Å². The quantitative estimate of drug-likeness (QED) is 0.332. The van der Waals surface area contributed by atoms with Crippen LogP contribution in [-0.4, -0.2) is 33.7 Å². The predicted octanol–water partition coefficient (Wildman–Crippen LogP) is 5.96.